The fourth-order valence-corrected chi connectivity index (χ4v) is 1.36. The van der Waals surface area contributed by atoms with Gasteiger partial charge >= 0.3 is 0 Å². The second kappa shape index (κ2) is 4.64. The van der Waals surface area contributed by atoms with Crippen LogP contribution in [0.2, 0.25) is 5.02 Å². The van der Waals surface area contributed by atoms with Crippen molar-refractivity contribution in [3.8, 4) is 5.75 Å². The van der Waals surface area contributed by atoms with E-state index in [4.69, 9.17) is 22.1 Å². The number of aliphatic hydroxyl groups excluding tert-OH is 1. The molecule has 0 amide bonds. The highest BCUT2D eigenvalue weighted by Crippen LogP contribution is 2.27. The molecular weight excluding hydrogens is 202 g/mol. The van der Waals surface area contributed by atoms with Crippen molar-refractivity contribution in [2.24, 2.45) is 5.73 Å². The van der Waals surface area contributed by atoms with Gasteiger partial charge in [0.25, 0.3) is 0 Å². The maximum absolute atomic E-state index is 9.31. The van der Waals surface area contributed by atoms with Crippen molar-refractivity contribution in [2.75, 3.05) is 7.11 Å². The third kappa shape index (κ3) is 2.38. The lowest BCUT2D eigenvalue weighted by atomic mass is 10.0. The Hall–Kier alpha value is -0.770. The summed E-state index contributed by atoms with van der Waals surface area (Å²) in [4.78, 5) is 0. The van der Waals surface area contributed by atoms with Crippen LogP contribution in [0.5, 0.6) is 5.75 Å². The van der Waals surface area contributed by atoms with E-state index in [2.05, 4.69) is 0 Å². The quantitative estimate of drug-likeness (QED) is 0.808. The first-order valence-electron chi connectivity index (χ1n) is 4.33. The lowest BCUT2D eigenvalue weighted by Gasteiger charge is -2.16. The Morgan fingerprint density at radius 2 is 2.14 bits per heavy atom. The van der Waals surface area contributed by atoms with E-state index in [0.717, 1.165) is 5.56 Å². The third-order valence-corrected chi connectivity index (χ3v) is 2.39. The molecule has 0 aliphatic heterocycles. The molecule has 0 aliphatic rings. The van der Waals surface area contributed by atoms with E-state index < -0.39 is 12.1 Å². The van der Waals surface area contributed by atoms with Gasteiger partial charge in [-0.15, -0.1) is 0 Å². The second-order valence-corrected chi connectivity index (χ2v) is 3.57. The molecule has 1 rings (SSSR count). The zero-order chi connectivity index (χ0) is 10.7. The van der Waals surface area contributed by atoms with Gasteiger partial charge in [0, 0.05) is 0 Å². The number of aliphatic hydroxyl groups is 1. The van der Waals surface area contributed by atoms with Gasteiger partial charge in [0.15, 0.2) is 0 Å². The molecule has 1 aromatic rings. The van der Waals surface area contributed by atoms with Gasteiger partial charge in [0.05, 0.1) is 24.3 Å². The van der Waals surface area contributed by atoms with E-state index in [-0.39, 0.29) is 0 Å². The second-order valence-electron chi connectivity index (χ2n) is 3.16. The Bertz CT molecular complexity index is 315. The highest BCUT2D eigenvalue weighted by molar-refractivity contribution is 6.32. The van der Waals surface area contributed by atoms with E-state index in [0.29, 0.717) is 10.8 Å². The van der Waals surface area contributed by atoms with Crippen molar-refractivity contribution in [3.05, 3.63) is 28.8 Å². The molecule has 0 aliphatic carbocycles. The van der Waals surface area contributed by atoms with Gasteiger partial charge in [-0.3, -0.25) is 0 Å². The van der Waals surface area contributed by atoms with E-state index in [1.807, 2.05) is 0 Å². The molecule has 3 N–H and O–H groups in total. The molecule has 0 bridgehead atoms. The first kappa shape index (κ1) is 11.3. The third-order valence-electron chi connectivity index (χ3n) is 2.08. The average molecular weight is 216 g/mol. The summed E-state index contributed by atoms with van der Waals surface area (Å²) in [5.74, 6) is 0.570. The molecule has 0 heterocycles. The minimum atomic E-state index is -0.596. The zero-order valence-corrected chi connectivity index (χ0v) is 8.95. The fraction of sp³-hybridized carbons (Fsp3) is 0.400. The number of methoxy groups -OCH3 is 1. The molecule has 78 valence electrons. The predicted octanol–water partition coefficient (Wildman–Crippen LogP) is 1.73. The Balaban J connectivity index is 3.00. The van der Waals surface area contributed by atoms with Crippen LogP contribution in [-0.4, -0.2) is 18.3 Å². The van der Waals surface area contributed by atoms with Crippen LogP contribution in [0.25, 0.3) is 0 Å². The minimum Gasteiger partial charge on any atom is -0.495 e. The van der Waals surface area contributed by atoms with E-state index in [9.17, 15) is 5.11 Å². The number of halogens is 1. The van der Waals surface area contributed by atoms with Gasteiger partial charge in [-0.2, -0.15) is 0 Å². The van der Waals surface area contributed by atoms with Crippen molar-refractivity contribution in [1.82, 2.24) is 0 Å². The van der Waals surface area contributed by atoms with Gasteiger partial charge in [0.2, 0.25) is 0 Å². The Kier molecular flexibility index (Phi) is 3.75. The molecule has 0 fully saturated rings. The largest absolute Gasteiger partial charge is 0.495 e. The smallest absolute Gasteiger partial charge is 0.137 e. The van der Waals surface area contributed by atoms with Crippen molar-refractivity contribution in [2.45, 2.75) is 19.1 Å². The number of nitrogens with two attached hydrogens (primary N) is 1. The number of ether oxygens (including phenoxy) is 1. The average Bonchev–Trinajstić information content (AvgIpc) is 2.17. The highest BCUT2D eigenvalue weighted by atomic mass is 35.5. The van der Waals surface area contributed by atoms with Gasteiger partial charge in [-0.05, 0) is 24.6 Å². The summed E-state index contributed by atoms with van der Waals surface area (Å²) in [6.07, 6.45) is -0.596. The van der Waals surface area contributed by atoms with Crippen molar-refractivity contribution in [1.29, 1.82) is 0 Å². The van der Waals surface area contributed by atoms with Gasteiger partial charge in [-0.25, -0.2) is 0 Å². The molecule has 0 aromatic heterocycles. The number of rotatable bonds is 3. The molecule has 14 heavy (non-hydrogen) atoms. The fourth-order valence-electron chi connectivity index (χ4n) is 1.16. The number of hydrogen-bond donors (Lipinski definition) is 2. The van der Waals surface area contributed by atoms with Crippen LogP contribution in [0.3, 0.4) is 0 Å². The van der Waals surface area contributed by atoms with Crippen molar-refractivity contribution in [3.63, 3.8) is 0 Å². The van der Waals surface area contributed by atoms with Gasteiger partial charge < -0.3 is 15.6 Å². The number of benzene rings is 1. The summed E-state index contributed by atoms with van der Waals surface area (Å²) < 4.78 is 5.05. The normalized spacial score (nSPS) is 14.9. The Labute approximate surface area is 88.4 Å². The van der Waals surface area contributed by atoms with Crippen molar-refractivity contribution >= 4 is 11.6 Å². The topological polar surface area (TPSA) is 55.5 Å². The molecule has 0 saturated heterocycles. The summed E-state index contributed by atoms with van der Waals surface area (Å²) in [5, 5.41) is 9.84. The molecule has 1 aromatic carbocycles. The number of hydrogen-bond acceptors (Lipinski definition) is 3. The first-order valence-corrected chi connectivity index (χ1v) is 4.71. The van der Waals surface area contributed by atoms with Crippen LogP contribution in [0.4, 0.5) is 0 Å². The van der Waals surface area contributed by atoms with Crippen LogP contribution in [-0.2, 0) is 0 Å². The van der Waals surface area contributed by atoms with E-state index in [1.165, 1.54) is 0 Å². The van der Waals surface area contributed by atoms with Gasteiger partial charge in [0.1, 0.15) is 5.75 Å². The molecule has 0 radical (unpaired) electrons. The Morgan fingerprint density at radius 3 is 2.64 bits per heavy atom. The molecule has 0 spiro atoms. The maximum Gasteiger partial charge on any atom is 0.137 e. The highest BCUT2D eigenvalue weighted by Gasteiger charge is 2.13. The lowest BCUT2D eigenvalue weighted by Crippen LogP contribution is -2.23. The summed E-state index contributed by atoms with van der Waals surface area (Å²) in [6.45, 7) is 1.64. The predicted molar refractivity (Wildman–Crippen MR) is 56.6 cm³/mol. The van der Waals surface area contributed by atoms with E-state index >= 15 is 0 Å². The van der Waals surface area contributed by atoms with Crippen LogP contribution < -0.4 is 10.5 Å². The van der Waals surface area contributed by atoms with Crippen LogP contribution in [0, 0.1) is 0 Å². The minimum absolute atomic E-state index is 0.416. The summed E-state index contributed by atoms with van der Waals surface area (Å²) in [5.41, 5.74) is 6.57. The Morgan fingerprint density at radius 1 is 1.50 bits per heavy atom. The molecule has 3 nitrogen and oxygen atoms in total. The standard InChI is InChI=1S/C10H14ClNO2/c1-6(13)10(12)7-3-4-8(11)9(5-7)14-2/h3-6,10,13H,12H2,1-2H3/t6-,10+/m0/s1. The first-order chi connectivity index (χ1) is 6.56. The molecule has 2 atom stereocenters. The summed E-state index contributed by atoms with van der Waals surface area (Å²) >= 11 is 5.85. The monoisotopic (exact) mass is 215 g/mol. The zero-order valence-electron chi connectivity index (χ0n) is 8.20. The van der Waals surface area contributed by atoms with Crippen LogP contribution in [0.1, 0.15) is 18.5 Å². The maximum atomic E-state index is 9.31. The van der Waals surface area contributed by atoms with Crippen LogP contribution in [0.15, 0.2) is 18.2 Å². The van der Waals surface area contributed by atoms with Crippen LogP contribution >= 0.6 is 11.6 Å². The lowest BCUT2D eigenvalue weighted by molar-refractivity contribution is 0.164. The SMILES string of the molecule is COc1cc([C@H](N)[C@H](C)O)ccc1Cl. The summed E-state index contributed by atoms with van der Waals surface area (Å²) in [7, 11) is 1.54. The van der Waals surface area contributed by atoms with Gasteiger partial charge in [-0.1, -0.05) is 17.7 Å². The molecular formula is C10H14ClNO2. The summed E-state index contributed by atoms with van der Waals surface area (Å²) in [6, 6.07) is 4.81. The van der Waals surface area contributed by atoms with Crippen molar-refractivity contribution < 1.29 is 9.84 Å². The molecule has 0 saturated carbocycles. The molecule has 4 heteroatoms. The molecule has 0 unspecified atom stereocenters. The van der Waals surface area contributed by atoms with E-state index in [1.54, 1.807) is 32.2 Å².